The molecule has 2 N–H and O–H groups in total. The maximum absolute atomic E-state index is 12.0. The van der Waals surface area contributed by atoms with Gasteiger partial charge in [0.1, 0.15) is 0 Å². The van der Waals surface area contributed by atoms with Crippen LogP contribution in [0.15, 0.2) is 30.3 Å². The summed E-state index contributed by atoms with van der Waals surface area (Å²) < 4.78 is 26.4. The Labute approximate surface area is 132 Å². The molecule has 1 aliphatic rings. The van der Waals surface area contributed by atoms with Crippen molar-refractivity contribution in [2.75, 3.05) is 17.0 Å². The second kappa shape index (κ2) is 7.63. The Kier molecular flexibility index (Phi) is 5.83. The fourth-order valence-corrected chi connectivity index (χ4v) is 3.85. The van der Waals surface area contributed by atoms with Crippen LogP contribution in [0.3, 0.4) is 0 Å². The standard InChI is InChI=1S/C16H24N2O3S/c1-13(14-7-5-6-8-14)16(19)17-11-12-22(20,21)18-15-9-3-2-4-10-15/h2-4,9-10,13-14,18H,5-8,11-12H2,1H3,(H,17,19). The normalized spacial score (nSPS) is 17.1. The number of amides is 1. The van der Waals surface area contributed by atoms with Crippen molar-refractivity contribution in [3.63, 3.8) is 0 Å². The lowest BCUT2D eigenvalue weighted by Gasteiger charge is -2.18. The molecule has 1 atom stereocenters. The summed E-state index contributed by atoms with van der Waals surface area (Å²) >= 11 is 0. The van der Waals surface area contributed by atoms with Gasteiger partial charge in [-0.05, 0) is 30.9 Å². The number of hydrogen-bond acceptors (Lipinski definition) is 3. The van der Waals surface area contributed by atoms with Crippen LogP contribution in [0.2, 0.25) is 0 Å². The number of sulfonamides is 1. The van der Waals surface area contributed by atoms with Gasteiger partial charge in [0, 0.05) is 18.2 Å². The van der Waals surface area contributed by atoms with E-state index in [-0.39, 0.29) is 24.1 Å². The van der Waals surface area contributed by atoms with Gasteiger partial charge in [0.25, 0.3) is 0 Å². The lowest BCUT2D eigenvalue weighted by molar-refractivity contribution is -0.125. The first kappa shape index (κ1) is 16.8. The van der Waals surface area contributed by atoms with E-state index in [0.717, 1.165) is 12.8 Å². The average Bonchev–Trinajstić information content (AvgIpc) is 3.00. The summed E-state index contributed by atoms with van der Waals surface area (Å²) in [7, 11) is -3.44. The zero-order chi connectivity index (χ0) is 16.0. The molecule has 22 heavy (non-hydrogen) atoms. The van der Waals surface area contributed by atoms with E-state index < -0.39 is 10.0 Å². The van der Waals surface area contributed by atoms with Crippen molar-refractivity contribution in [3.05, 3.63) is 30.3 Å². The number of benzene rings is 1. The fourth-order valence-electron chi connectivity index (χ4n) is 2.88. The number of nitrogens with one attached hydrogen (secondary N) is 2. The smallest absolute Gasteiger partial charge is 0.234 e. The van der Waals surface area contributed by atoms with E-state index in [1.807, 2.05) is 13.0 Å². The molecule has 6 heteroatoms. The minimum absolute atomic E-state index is 0.0349. The topological polar surface area (TPSA) is 75.3 Å². The molecule has 0 saturated heterocycles. The van der Waals surface area contributed by atoms with E-state index in [4.69, 9.17) is 0 Å². The third kappa shape index (κ3) is 5.02. The maximum Gasteiger partial charge on any atom is 0.234 e. The minimum atomic E-state index is -3.44. The van der Waals surface area contributed by atoms with Gasteiger partial charge in [0.2, 0.25) is 15.9 Å². The molecule has 0 aromatic heterocycles. The van der Waals surface area contributed by atoms with Crippen molar-refractivity contribution in [2.24, 2.45) is 11.8 Å². The summed E-state index contributed by atoms with van der Waals surface area (Å²) in [5.41, 5.74) is 0.535. The molecule has 1 aromatic rings. The molecule has 0 heterocycles. The lowest BCUT2D eigenvalue weighted by Crippen LogP contribution is -2.36. The van der Waals surface area contributed by atoms with Gasteiger partial charge in [-0.25, -0.2) is 8.42 Å². The number of hydrogen-bond donors (Lipinski definition) is 2. The van der Waals surface area contributed by atoms with Gasteiger partial charge in [-0.2, -0.15) is 0 Å². The first-order chi connectivity index (χ1) is 10.5. The van der Waals surface area contributed by atoms with Crippen LogP contribution in [-0.4, -0.2) is 26.6 Å². The highest BCUT2D eigenvalue weighted by molar-refractivity contribution is 7.92. The SMILES string of the molecule is CC(C(=O)NCCS(=O)(=O)Nc1ccccc1)C1CCCC1. The largest absolute Gasteiger partial charge is 0.355 e. The van der Waals surface area contributed by atoms with Crippen LogP contribution in [0, 0.1) is 11.8 Å². The first-order valence-electron chi connectivity index (χ1n) is 7.81. The van der Waals surface area contributed by atoms with Gasteiger partial charge in [0.05, 0.1) is 5.75 Å². The highest BCUT2D eigenvalue weighted by Crippen LogP contribution is 2.31. The van der Waals surface area contributed by atoms with E-state index in [2.05, 4.69) is 10.0 Å². The molecule has 5 nitrogen and oxygen atoms in total. The molecule has 122 valence electrons. The molecule has 0 aliphatic heterocycles. The fraction of sp³-hybridized carbons (Fsp3) is 0.562. The van der Waals surface area contributed by atoms with Crippen LogP contribution >= 0.6 is 0 Å². The Bertz CT molecular complexity index is 581. The van der Waals surface area contributed by atoms with Crippen molar-refractivity contribution in [2.45, 2.75) is 32.6 Å². The van der Waals surface area contributed by atoms with Gasteiger partial charge in [-0.1, -0.05) is 38.0 Å². The molecule has 1 unspecified atom stereocenters. The maximum atomic E-state index is 12.0. The first-order valence-corrected chi connectivity index (χ1v) is 9.46. The minimum Gasteiger partial charge on any atom is -0.355 e. The Morgan fingerprint density at radius 1 is 1.23 bits per heavy atom. The van der Waals surface area contributed by atoms with Gasteiger partial charge >= 0.3 is 0 Å². The summed E-state index contributed by atoms with van der Waals surface area (Å²) in [6.07, 6.45) is 4.58. The van der Waals surface area contributed by atoms with Crippen molar-refractivity contribution in [1.82, 2.24) is 5.32 Å². The Morgan fingerprint density at radius 2 is 1.86 bits per heavy atom. The quantitative estimate of drug-likeness (QED) is 0.808. The summed E-state index contributed by atoms with van der Waals surface area (Å²) in [6, 6.07) is 8.74. The predicted octanol–water partition coefficient (Wildman–Crippen LogP) is 2.37. The molecule has 1 aliphatic carbocycles. The van der Waals surface area contributed by atoms with E-state index in [1.54, 1.807) is 24.3 Å². The number of rotatable bonds is 7. The Hall–Kier alpha value is -1.56. The van der Waals surface area contributed by atoms with Crippen LogP contribution in [-0.2, 0) is 14.8 Å². The number of carbonyl (C=O) groups is 1. The predicted molar refractivity (Wildman–Crippen MR) is 88.0 cm³/mol. The van der Waals surface area contributed by atoms with Crippen LogP contribution in [0.4, 0.5) is 5.69 Å². The van der Waals surface area contributed by atoms with Gasteiger partial charge < -0.3 is 5.32 Å². The summed E-state index contributed by atoms with van der Waals surface area (Å²) in [5.74, 6) is 0.249. The van der Waals surface area contributed by atoms with Crippen LogP contribution in [0.5, 0.6) is 0 Å². The van der Waals surface area contributed by atoms with Crippen LogP contribution < -0.4 is 10.0 Å². The van der Waals surface area contributed by atoms with E-state index in [1.165, 1.54) is 12.8 Å². The van der Waals surface area contributed by atoms with Crippen molar-refractivity contribution < 1.29 is 13.2 Å². The number of carbonyl (C=O) groups excluding carboxylic acids is 1. The Morgan fingerprint density at radius 3 is 2.50 bits per heavy atom. The van der Waals surface area contributed by atoms with Gasteiger partial charge in [0.15, 0.2) is 0 Å². The van der Waals surface area contributed by atoms with E-state index in [0.29, 0.717) is 11.6 Å². The van der Waals surface area contributed by atoms with Crippen LogP contribution in [0.25, 0.3) is 0 Å². The molecule has 1 fully saturated rings. The molecule has 1 amide bonds. The monoisotopic (exact) mass is 324 g/mol. The van der Waals surface area contributed by atoms with Crippen molar-refractivity contribution >= 4 is 21.6 Å². The molecule has 0 radical (unpaired) electrons. The molecule has 1 saturated carbocycles. The second-order valence-corrected chi connectivity index (χ2v) is 7.75. The molecular formula is C16H24N2O3S. The number of para-hydroxylation sites is 1. The zero-order valence-electron chi connectivity index (χ0n) is 12.9. The van der Waals surface area contributed by atoms with Gasteiger partial charge in [-0.3, -0.25) is 9.52 Å². The Balaban J connectivity index is 1.76. The van der Waals surface area contributed by atoms with Crippen molar-refractivity contribution in [3.8, 4) is 0 Å². The van der Waals surface area contributed by atoms with Crippen LogP contribution in [0.1, 0.15) is 32.6 Å². The number of anilines is 1. The molecule has 1 aromatic carbocycles. The second-order valence-electron chi connectivity index (χ2n) is 5.91. The average molecular weight is 324 g/mol. The third-order valence-electron chi connectivity index (χ3n) is 4.24. The molecular weight excluding hydrogens is 300 g/mol. The third-order valence-corrected chi connectivity index (χ3v) is 5.53. The van der Waals surface area contributed by atoms with Crippen molar-refractivity contribution in [1.29, 1.82) is 0 Å². The lowest BCUT2D eigenvalue weighted by atomic mass is 9.92. The summed E-state index contributed by atoms with van der Waals surface area (Å²) in [4.78, 5) is 12.0. The highest BCUT2D eigenvalue weighted by atomic mass is 32.2. The van der Waals surface area contributed by atoms with Gasteiger partial charge in [-0.15, -0.1) is 0 Å². The molecule has 0 bridgehead atoms. The molecule has 2 rings (SSSR count). The summed E-state index contributed by atoms with van der Waals surface area (Å²) in [6.45, 7) is 2.07. The zero-order valence-corrected chi connectivity index (χ0v) is 13.7. The van der Waals surface area contributed by atoms with E-state index in [9.17, 15) is 13.2 Å². The summed E-state index contributed by atoms with van der Waals surface area (Å²) in [5, 5.41) is 2.74. The molecule has 0 spiro atoms. The van der Waals surface area contributed by atoms with E-state index >= 15 is 0 Å². The highest BCUT2D eigenvalue weighted by Gasteiger charge is 2.26.